The number of hydrogen-bond acceptors (Lipinski definition) is 12. The molecule has 0 amide bonds. The van der Waals surface area contributed by atoms with Gasteiger partial charge >= 0.3 is 34.4 Å². The second kappa shape index (κ2) is 4.60. The van der Waals surface area contributed by atoms with Gasteiger partial charge in [0.25, 0.3) is 5.71 Å². The quantitative estimate of drug-likeness (QED) is 0.206. The van der Waals surface area contributed by atoms with Crippen molar-refractivity contribution in [3.05, 3.63) is 47.7 Å². The van der Waals surface area contributed by atoms with Gasteiger partial charge in [0.15, 0.2) is 11.3 Å². The molecular formula is C14HNO12. The van der Waals surface area contributed by atoms with Gasteiger partial charge in [0.05, 0.1) is 5.39 Å². The summed E-state index contributed by atoms with van der Waals surface area (Å²) in [5, 5.41) is -0.212. The van der Waals surface area contributed by atoms with Crippen LogP contribution in [0.15, 0.2) is 43.0 Å². The number of esters is 2. The molecule has 0 fully saturated rings. The molecule has 27 heavy (non-hydrogen) atoms. The lowest BCUT2D eigenvalue weighted by Gasteiger charge is -2.03. The van der Waals surface area contributed by atoms with Crippen LogP contribution < -0.4 is 32.0 Å². The van der Waals surface area contributed by atoms with Crippen molar-refractivity contribution in [2.24, 2.45) is 0 Å². The summed E-state index contributed by atoms with van der Waals surface area (Å²) >= 11 is 0. The predicted octanol–water partition coefficient (Wildman–Crippen LogP) is -1.12. The zero-order valence-electron chi connectivity index (χ0n) is 12.4. The molecule has 4 aromatic rings. The fourth-order valence-corrected chi connectivity index (χ4v) is 2.63. The van der Waals surface area contributed by atoms with Crippen LogP contribution in [0, 0.1) is 0 Å². The summed E-state index contributed by atoms with van der Waals surface area (Å²) in [6.45, 7) is 0. The van der Waals surface area contributed by atoms with Crippen LogP contribution in [0.2, 0.25) is 0 Å². The minimum atomic E-state index is -1.50. The molecular weight excluding hydrogens is 374 g/mol. The lowest BCUT2D eigenvalue weighted by atomic mass is 10.2. The van der Waals surface area contributed by atoms with Crippen molar-refractivity contribution in [2.75, 3.05) is 0 Å². The first kappa shape index (κ1) is 14.9. The van der Waals surface area contributed by atoms with E-state index in [9.17, 15) is 28.8 Å². The van der Waals surface area contributed by atoms with Gasteiger partial charge in [0, 0.05) is 6.07 Å². The van der Waals surface area contributed by atoms with Gasteiger partial charge in [-0.3, -0.25) is 0 Å². The third kappa shape index (κ3) is 1.81. The van der Waals surface area contributed by atoms with E-state index < -0.39 is 57.2 Å². The fraction of sp³-hybridized carbons (Fsp3) is 0. The Morgan fingerprint density at radius 3 is 2.07 bits per heavy atom. The monoisotopic (exact) mass is 375 g/mol. The molecule has 134 valence electrons. The lowest BCUT2D eigenvalue weighted by Crippen LogP contribution is -2.25. The molecule has 0 unspecified atom stereocenters. The van der Waals surface area contributed by atoms with Crippen LogP contribution in [0.5, 0.6) is 11.5 Å². The molecule has 4 heterocycles. The molecule has 0 saturated carbocycles. The maximum absolute atomic E-state index is 11.8. The number of rotatable bonds is 0. The normalized spacial score (nSPS) is 13.8. The van der Waals surface area contributed by atoms with Gasteiger partial charge in [0.2, 0.25) is 11.3 Å². The first-order valence-electron chi connectivity index (χ1n) is 6.93. The Morgan fingerprint density at radius 2 is 1.33 bits per heavy atom. The number of carbonyl (C=O) groups is 2. The summed E-state index contributed by atoms with van der Waals surface area (Å²) < 4.78 is 29.5. The van der Waals surface area contributed by atoms with Crippen molar-refractivity contribution in [3.63, 3.8) is 0 Å². The summed E-state index contributed by atoms with van der Waals surface area (Å²) in [7, 11) is 0. The van der Waals surface area contributed by atoms with Crippen LogP contribution in [0.1, 0.15) is 0 Å². The van der Waals surface area contributed by atoms with E-state index in [0.717, 1.165) is 6.07 Å². The Labute approximate surface area is 141 Å². The number of ether oxygens (including phenoxy) is 2. The standard InChI is InChI=1S/C14HNO12/c16-9-10(17)23-5-3(22-9)1-2-4-6(5)24-11(18)12(19)25-7(4)8-15(2)27-14(21)13(20)26-8/h1H. The van der Waals surface area contributed by atoms with Gasteiger partial charge in [-0.2, -0.15) is 0 Å². The van der Waals surface area contributed by atoms with E-state index in [1.54, 1.807) is 0 Å². The van der Waals surface area contributed by atoms with E-state index in [1.165, 1.54) is 0 Å². The van der Waals surface area contributed by atoms with Crippen molar-refractivity contribution < 1.29 is 36.8 Å². The topological polar surface area (TPSA) is 178 Å². The number of nitrogens with zero attached hydrogens (tertiary/aromatic N) is 1. The molecule has 13 heteroatoms. The summed E-state index contributed by atoms with van der Waals surface area (Å²) in [5.41, 5.74) is -7.17. The lowest BCUT2D eigenvalue weighted by molar-refractivity contribution is -0.155. The van der Waals surface area contributed by atoms with Crippen LogP contribution in [-0.2, 0) is 9.59 Å². The van der Waals surface area contributed by atoms with E-state index in [2.05, 4.69) is 0 Å². The van der Waals surface area contributed by atoms with E-state index in [1.807, 2.05) is 0 Å². The van der Waals surface area contributed by atoms with Crippen LogP contribution >= 0.6 is 0 Å². The van der Waals surface area contributed by atoms with Crippen molar-refractivity contribution in [1.82, 2.24) is 4.57 Å². The largest absolute Gasteiger partial charge is 0.442 e. The molecule has 3 aromatic heterocycles. The first-order valence-corrected chi connectivity index (χ1v) is 6.93. The maximum Gasteiger partial charge on any atom is 0.442 e. The SMILES string of the molecule is O=C1Oc2c3oc(=O)c(=O)oc3cc3c2c(c2oc(=O)c(=O)on23)OC1=O. The molecule has 1 aliphatic rings. The summed E-state index contributed by atoms with van der Waals surface area (Å²) in [6.07, 6.45) is 0. The van der Waals surface area contributed by atoms with Crippen molar-refractivity contribution >= 4 is 39.7 Å². The van der Waals surface area contributed by atoms with Crippen molar-refractivity contribution in [1.29, 1.82) is 0 Å². The summed E-state index contributed by atoms with van der Waals surface area (Å²) in [6, 6.07) is 1.06. The molecule has 13 nitrogen and oxygen atoms in total. The summed E-state index contributed by atoms with van der Waals surface area (Å²) in [4.78, 5) is 69.5. The highest BCUT2D eigenvalue weighted by atomic mass is 16.6. The summed E-state index contributed by atoms with van der Waals surface area (Å²) in [5.74, 6) is -4.04. The van der Waals surface area contributed by atoms with Gasteiger partial charge < -0.3 is 27.2 Å². The molecule has 0 bridgehead atoms. The molecule has 0 atom stereocenters. The van der Waals surface area contributed by atoms with Crippen molar-refractivity contribution in [2.45, 2.75) is 0 Å². The molecule has 1 aromatic carbocycles. The third-order valence-electron chi connectivity index (χ3n) is 3.66. The Morgan fingerprint density at radius 1 is 0.704 bits per heavy atom. The smallest absolute Gasteiger partial charge is 0.414 e. The Kier molecular flexibility index (Phi) is 2.54. The molecule has 1 aliphatic heterocycles. The molecule has 5 rings (SSSR count). The van der Waals surface area contributed by atoms with Gasteiger partial charge in [-0.1, -0.05) is 0 Å². The molecule has 0 aliphatic carbocycles. The van der Waals surface area contributed by atoms with Gasteiger partial charge in [-0.25, -0.2) is 28.8 Å². The van der Waals surface area contributed by atoms with Gasteiger partial charge in [0.1, 0.15) is 5.52 Å². The van der Waals surface area contributed by atoms with Crippen LogP contribution in [0.3, 0.4) is 0 Å². The van der Waals surface area contributed by atoms with E-state index >= 15 is 0 Å². The number of aromatic nitrogens is 1. The van der Waals surface area contributed by atoms with E-state index in [0.29, 0.717) is 4.57 Å². The molecule has 0 saturated heterocycles. The highest BCUT2D eigenvalue weighted by molar-refractivity contribution is 6.33. The zero-order valence-corrected chi connectivity index (χ0v) is 12.4. The van der Waals surface area contributed by atoms with E-state index in [-0.39, 0.29) is 16.5 Å². The second-order valence-corrected chi connectivity index (χ2v) is 5.18. The molecule has 0 radical (unpaired) electrons. The minimum Gasteiger partial charge on any atom is -0.414 e. The molecule has 0 spiro atoms. The van der Waals surface area contributed by atoms with E-state index in [4.69, 9.17) is 27.2 Å². The molecule has 0 N–H and O–H groups in total. The minimum absolute atomic E-state index is 0.150. The average molecular weight is 375 g/mol. The zero-order chi connectivity index (χ0) is 19.0. The van der Waals surface area contributed by atoms with Crippen molar-refractivity contribution in [3.8, 4) is 11.5 Å². The van der Waals surface area contributed by atoms with Crippen LogP contribution in [0.4, 0.5) is 0 Å². The van der Waals surface area contributed by atoms with Gasteiger partial charge in [-0.05, 0) is 0 Å². The number of benzene rings is 1. The Hall–Kier alpha value is -4.42. The highest BCUT2D eigenvalue weighted by Crippen LogP contribution is 2.44. The number of fused-ring (bicyclic) bond motifs is 5. The number of hydrogen-bond donors (Lipinski definition) is 0. The highest BCUT2D eigenvalue weighted by Gasteiger charge is 2.35. The van der Waals surface area contributed by atoms with Gasteiger partial charge in [-0.15, -0.1) is 4.57 Å². The third-order valence-corrected chi connectivity index (χ3v) is 3.66. The van der Waals surface area contributed by atoms with Crippen LogP contribution in [0.25, 0.3) is 27.8 Å². The Balaban J connectivity index is 2.15. The Bertz CT molecular complexity index is 1570. The predicted molar refractivity (Wildman–Crippen MR) is 77.8 cm³/mol. The number of carbonyl (C=O) groups excluding carboxylic acids is 2. The fourth-order valence-electron chi connectivity index (χ4n) is 2.63. The maximum atomic E-state index is 11.8. The average Bonchev–Trinajstić information content (AvgIpc) is 2.81. The first-order chi connectivity index (χ1) is 12.8. The van der Waals surface area contributed by atoms with Crippen LogP contribution in [-0.4, -0.2) is 16.5 Å². The second-order valence-electron chi connectivity index (χ2n) is 5.18.